The van der Waals surface area contributed by atoms with Gasteiger partial charge in [0.05, 0.1) is 10.6 Å². The van der Waals surface area contributed by atoms with Crippen molar-refractivity contribution in [3.8, 4) is 0 Å². The van der Waals surface area contributed by atoms with E-state index in [0.29, 0.717) is 10.6 Å². The molecule has 3 rings (SSSR count). The molecule has 0 fully saturated rings. The van der Waals surface area contributed by atoms with E-state index in [1.54, 1.807) is 6.07 Å². The summed E-state index contributed by atoms with van der Waals surface area (Å²) >= 11 is 0. The highest BCUT2D eigenvalue weighted by atomic mass is 32.2. The van der Waals surface area contributed by atoms with E-state index in [0.717, 1.165) is 22.4 Å². The average Bonchev–Trinajstić information content (AvgIpc) is 2.46. The topological polar surface area (TPSA) is 49.4 Å². The Morgan fingerprint density at radius 1 is 1.00 bits per heavy atom. The Kier molecular flexibility index (Phi) is 3.45. The quantitative estimate of drug-likeness (QED) is 0.927. The molecule has 0 unspecified atom stereocenters. The minimum Gasteiger partial charge on any atom is -0.378 e. The number of nitrogens with zero attached hydrogens (tertiary/aromatic N) is 1. The fraction of sp³-hybridized carbons (Fsp3) is 0.176. The number of hydrogen-bond donors (Lipinski definition) is 1. The fourth-order valence-electron chi connectivity index (χ4n) is 2.49. The molecule has 1 heterocycles. The maximum atomic E-state index is 12.4. The van der Waals surface area contributed by atoms with Gasteiger partial charge >= 0.3 is 0 Å². The smallest absolute Gasteiger partial charge is 0.262 e. The Balaban J connectivity index is 2.09. The molecule has 0 saturated heterocycles. The van der Waals surface area contributed by atoms with Crippen LogP contribution in [0.3, 0.4) is 0 Å². The van der Waals surface area contributed by atoms with Crippen molar-refractivity contribution in [1.82, 2.24) is 4.72 Å². The third-order valence-corrected chi connectivity index (χ3v) is 5.13. The monoisotopic (exact) mass is 314 g/mol. The van der Waals surface area contributed by atoms with Gasteiger partial charge in [0.2, 0.25) is 0 Å². The van der Waals surface area contributed by atoms with E-state index in [2.05, 4.69) is 4.72 Å². The van der Waals surface area contributed by atoms with Gasteiger partial charge in [-0.1, -0.05) is 29.8 Å². The Bertz CT molecular complexity index is 851. The molecule has 2 aromatic carbocycles. The van der Waals surface area contributed by atoms with Gasteiger partial charge in [-0.25, -0.2) is 8.42 Å². The lowest BCUT2D eigenvalue weighted by atomic mass is 10.1. The first-order valence-corrected chi connectivity index (χ1v) is 8.48. The summed E-state index contributed by atoms with van der Waals surface area (Å²) in [6.07, 6.45) is 1.88. The zero-order chi connectivity index (χ0) is 15.9. The largest absolute Gasteiger partial charge is 0.378 e. The summed E-state index contributed by atoms with van der Waals surface area (Å²) in [6, 6.07) is 13.1. The van der Waals surface area contributed by atoms with Crippen molar-refractivity contribution >= 4 is 27.5 Å². The van der Waals surface area contributed by atoms with Crippen LogP contribution >= 0.6 is 0 Å². The van der Waals surface area contributed by atoms with Crippen LogP contribution in [0.5, 0.6) is 0 Å². The Morgan fingerprint density at radius 3 is 2.32 bits per heavy atom. The van der Waals surface area contributed by atoms with E-state index in [1.165, 1.54) is 0 Å². The van der Waals surface area contributed by atoms with E-state index >= 15 is 0 Å². The number of sulfonamides is 1. The molecular formula is C17H18N2O2S. The van der Waals surface area contributed by atoms with Crippen molar-refractivity contribution < 1.29 is 8.42 Å². The molecule has 0 atom stereocenters. The van der Waals surface area contributed by atoms with E-state index in [9.17, 15) is 8.42 Å². The lowest BCUT2D eigenvalue weighted by molar-refractivity contribution is 0.591. The molecule has 1 N–H and O–H groups in total. The van der Waals surface area contributed by atoms with Gasteiger partial charge in [0, 0.05) is 19.8 Å². The van der Waals surface area contributed by atoms with Crippen molar-refractivity contribution in [2.24, 2.45) is 0 Å². The number of fused-ring (bicyclic) bond motifs is 1. The SMILES string of the molecule is Cc1ccc2c(c1)C=C(c1ccc(N(C)C)cc1)NS2(=O)=O. The second-order valence-electron chi connectivity index (χ2n) is 5.65. The molecule has 0 amide bonds. The van der Waals surface area contributed by atoms with Crippen molar-refractivity contribution in [1.29, 1.82) is 0 Å². The first-order chi connectivity index (χ1) is 10.4. The highest BCUT2D eigenvalue weighted by Gasteiger charge is 2.24. The summed E-state index contributed by atoms with van der Waals surface area (Å²) in [6.45, 7) is 1.95. The summed E-state index contributed by atoms with van der Waals surface area (Å²) in [5, 5.41) is 0. The predicted molar refractivity (Wildman–Crippen MR) is 90.1 cm³/mol. The molecular weight excluding hydrogens is 296 g/mol. The third-order valence-electron chi connectivity index (χ3n) is 3.69. The molecule has 22 heavy (non-hydrogen) atoms. The zero-order valence-corrected chi connectivity index (χ0v) is 13.6. The Hall–Kier alpha value is -2.27. The molecule has 0 aliphatic carbocycles. The van der Waals surface area contributed by atoms with E-state index < -0.39 is 10.0 Å². The van der Waals surface area contributed by atoms with Gasteiger partial charge in [-0.3, -0.25) is 4.72 Å². The van der Waals surface area contributed by atoms with E-state index in [1.807, 2.05) is 68.4 Å². The third kappa shape index (κ3) is 2.60. The Labute approximate surface area is 131 Å². The molecule has 0 aromatic heterocycles. The van der Waals surface area contributed by atoms with Crippen molar-refractivity contribution in [2.75, 3.05) is 19.0 Å². The van der Waals surface area contributed by atoms with Gasteiger partial charge in [-0.15, -0.1) is 0 Å². The van der Waals surface area contributed by atoms with Gasteiger partial charge in [-0.05, 0) is 42.3 Å². The summed E-state index contributed by atoms with van der Waals surface area (Å²) in [4.78, 5) is 2.33. The molecule has 0 saturated carbocycles. The second kappa shape index (κ2) is 5.18. The van der Waals surface area contributed by atoms with Crippen LogP contribution in [0.4, 0.5) is 5.69 Å². The molecule has 114 valence electrons. The molecule has 1 aliphatic rings. The molecule has 0 spiro atoms. The molecule has 2 aromatic rings. The standard InChI is InChI=1S/C17H18N2O2S/c1-12-4-9-17-14(10-12)11-16(18-22(17,20)21)13-5-7-15(8-6-13)19(2)3/h4-11,18H,1-3H3. The van der Waals surface area contributed by atoms with E-state index in [4.69, 9.17) is 0 Å². The van der Waals surface area contributed by atoms with Crippen molar-refractivity contribution in [3.05, 3.63) is 59.2 Å². The average molecular weight is 314 g/mol. The van der Waals surface area contributed by atoms with Crippen molar-refractivity contribution in [2.45, 2.75) is 11.8 Å². The van der Waals surface area contributed by atoms with Gasteiger partial charge in [0.1, 0.15) is 0 Å². The maximum Gasteiger partial charge on any atom is 0.262 e. The van der Waals surface area contributed by atoms with Crippen LogP contribution in [0.1, 0.15) is 16.7 Å². The van der Waals surface area contributed by atoms with Gasteiger partial charge < -0.3 is 4.90 Å². The summed E-state index contributed by atoms with van der Waals surface area (Å²) in [7, 11) is 0.426. The molecule has 5 heteroatoms. The number of nitrogens with one attached hydrogen (secondary N) is 1. The molecule has 1 aliphatic heterocycles. The molecule has 0 radical (unpaired) electrons. The normalized spacial score (nSPS) is 15.5. The number of anilines is 1. The van der Waals surface area contributed by atoms with E-state index in [-0.39, 0.29) is 0 Å². The Morgan fingerprint density at radius 2 is 1.68 bits per heavy atom. The van der Waals surface area contributed by atoms with Gasteiger partial charge in [-0.2, -0.15) is 0 Å². The van der Waals surface area contributed by atoms with Gasteiger partial charge in [0.15, 0.2) is 0 Å². The minimum absolute atomic E-state index is 0.326. The lowest BCUT2D eigenvalue weighted by Gasteiger charge is -2.20. The van der Waals surface area contributed by atoms with Gasteiger partial charge in [0.25, 0.3) is 10.0 Å². The lowest BCUT2D eigenvalue weighted by Crippen LogP contribution is -2.26. The molecule has 0 bridgehead atoms. The van der Waals surface area contributed by atoms with Crippen LogP contribution in [0.25, 0.3) is 11.8 Å². The van der Waals surface area contributed by atoms with Crippen molar-refractivity contribution in [3.63, 3.8) is 0 Å². The first-order valence-electron chi connectivity index (χ1n) is 7.00. The van der Waals surface area contributed by atoms with Crippen LogP contribution in [0.2, 0.25) is 0 Å². The highest BCUT2D eigenvalue weighted by molar-refractivity contribution is 7.90. The summed E-state index contributed by atoms with van der Waals surface area (Å²) in [5.74, 6) is 0. The number of rotatable bonds is 2. The van der Waals surface area contributed by atoms with Crippen LogP contribution in [-0.2, 0) is 10.0 Å². The summed E-state index contributed by atoms with van der Waals surface area (Å²) in [5.41, 5.74) is 4.28. The maximum absolute atomic E-state index is 12.4. The minimum atomic E-state index is -3.51. The van der Waals surface area contributed by atoms with Crippen LogP contribution in [0, 0.1) is 6.92 Å². The number of hydrogen-bond acceptors (Lipinski definition) is 3. The zero-order valence-electron chi connectivity index (χ0n) is 12.8. The van der Waals surface area contributed by atoms with Crippen LogP contribution < -0.4 is 9.62 Å². The number of benzene rings is 2. The first kappa shape index (κ1) is 14.7. The summed E-state index contributed by atoms with van der Waals surface area (Å²) < 4.78 is 27.4. The highest BCUT2D eigenvalue weighted by Crippen LogP contribution is 2.29. The van der Waals surface area contributed by atoms with Crippen LogP contribution in [-0.4, -0.2) is 22.5 Å². The fourth-order valence-corrected chi connectivity index (χ4v) is 3.74. The second-order valence-corrected chi connectivity index (χ2v) is 7.30. The molecule has 4 nitrogen and oxygen atoms in total. The number of aryl methyl sites for hydroxylation is 1. The van der Waals surface area contributed by atoms with Crippen LogP contribution in [0.15, 0.2) is 47.4 Å². The predicted octanol–water partition coefficient (Wildman–Crippen LogP) is 2.85.